The molecule has 5 heteroatoms. The van der Waals surface area contributed by atoms with Crippen molar-refractivity contribution in [3.8, 4) is 11.1 Å². The Balaban J connectivity index is 2.06. The number of Topliss-reactive ketones (excluding diaryl/α,β-unsaturated/α-hetero) is 1. The number of hydrogen-bond donors (Lipinski definition) is 3. The molecule has 0 fully saturated rings. The standard InChI is InChI=1S/C13H15N3O2/c14-6-13(18)12(17)5-9-1-3-10(4-2-9)11-7-15-16-8-11/h1-4,7-8,13,18H,5-6,14H2,(H,15,16). The number of nitrogens with one attached hydrogen (secondary N) is 1. The third-order valence-corrected chi connectivity index (χ3v) is 2.76. The van der Waals surface area contributed by atoms with E-state index < -0.39 is 6.10 Å². The summed E-state index contributed by atoms with van der Waals surface area (Å²) in [5.41, 5.74) is 8.12. The average Bonchev–Trinajstić information content (AvgIpc) is 2.92. The van der Waals surface area contributed by atoms with Gasteiger partial charge < -0.3 is 10.8 Å². The van der Waals surface area contributed by atoms with Crippen LogP contribution >= 0.6 is 0 Å². The second kappa shape index (κ2) is 5.57. The minimum Gasteiger partial charge on any atom is -0.384 e. The summed E-state index contributed by atoms with van der Waals surface area (Å²) < 4.78 is 0. The minimum absolute atomic E-state index is 0.0358. The van der Waals surface area contributed by atoms with Crippen LogP contribution in [0.3, 0.4) is 0 Å². The van der Waals surface area contributed by atoms with Gasteiger partial charge >= 0.3 is 0 Å². The average molecular weight is 245 g/mol. The van der Waals surface area contributed by atoms with Crippen molar-refractivity contribution in [2.75, 3.05) is 6.54 Å². The van der Waals surface area contributed by atoms with Crippen LogP contribution in [0.1, 0.15) is 5.56 Å². The summed E-state index contributed by atoms with van der Waals surface area (Å²) in [6.45, 7) is -0.0358. The molecular weight excluding hydrogens is 230 g/mol. The fraction of sp³-hybridized carbons (Fsp3) is 0.231. The van der Waals surface area contributed by atoms with Crippen molar-refractivity contribution < 1.29 is 9.90 Å². The van der Waals surface area contributed by atoms with Gasteiger partial charge in [-0.2, -0.15) is 5.10 Å². The summed E-state index contributed by atoms with van der Waals surface area (Å²) in [6.07, 6.45) is 2.67. The number of aliphatic hydroxyl groups is 1. The molecule has 1 heterocycles. The highest BCUT2D eigenvalue weighted by Crippen LogP contribution is 2.18. The molecule has 0 aliphatic rings. The molecule has 1 atom stereocenters. The molecule has 0 amide bonds. The summed E-state index contributed by atoms with van der Waals surface area (Å²) in [7, 11) is 0. The first-order valence-electron chi connectivity index (χ1n) is 5.69. The number of aromatic amines is 1. The van der Waals surface area contributed by atoms with E-state index in [2.05, 4.69) is 10.2 Å². The van der Waals surface area contributed by atoms with E-state index in [9.17, 15) is 9.90 Å². The van der Waals surface area contributed by atoms with Crippen LogP contribution in [0, 0.1) is 0 Å². The molecule has 1 unspecified atom stereocenters. The zero-order valence-electron chi connectivity index (χ0n) is 9.84. The molecule has 2 aromatic rings. The summed E-state index contributed by atoms with van der Waals surface area (Å²) >= 11 is 0. The molecule has 0 saturated carbocycles. The van der Waals surface area contributed by atoms with E-state index in [1.165, 1.54) is 0 Å². The van der Waals surface area contributed by atoms with Crippen LogP contribution in [-0.2, 0) is 11.2 Å². The molecule has 1 aromatic heterocycles. The summed E-state index contributed by atoms with van der Waals surface area (Å²) in [5.74, 6) is -0.256. The second-order valence-corrected chi connectivity index (χ2v) is 4.08. The largest absolute Gasteiger partial charge is 0.384 e. The van der Waals surface area contributed by atoms with Crippen LogP contribution in [0.4, 0.5) is 0 Å². The number of aromatic nitrogens is 2. The first kappa shape index (κ1) is 12.5. The SMILES string of the molecule is NCC(O)C(=O)Cc1ccc(-c2cn[nH]c2)cc1. The predicted octanol–water partition coefficient (Wildman–Crippen LogP) is 0.508. The quantitative estimate of drug-likeness (QED) is 0.715. The number of H-pyrrole nitrogens is 1. The molecule has 0 spiro atoms. The zero-order chi connectivity index (χ0) is 13.0. The van der Waals surface area contributed by atoms with Crippen molar-refractivity contribution >= 4 is 5.78 Å². The number of ketones is 1. The molecule has 94 valence electrons. The minimum atomic E-state index is -1.07. The van der Waals surface area contributed by atoms with Crippen molar-refractivity contribution in [2.45, 2.75) is 12.5 Å². The number of hydrogen-bond acceptors (Lipinski definition) is 4. The van der Waals surface area contributed by atoms with E-state index in [1.807, 2.05) is 24.3 Å². The van der Waals surface area contributed by atoms with Gasteiger partial charge in [0, 0.05) is 24.7 Å². The van der Waals surface area contributed by atoms with Crippen molar-refractivity contribution in [3.63, 3.8) is 0 Å². The van der Waals surface area contributed by atoms with Gasteiger partial charge in [0.1, 0.15) is 6.10 Å². The molecular formula is C13H15N3O2. The fourth-order valence-electron chi connectivity index (χ4n) is 1.67. The lowest BCUT2D eigenvalue weighted by molar-refractivity contribution is -0.125. The van der Waals surface area contributed by atoms with Gasteiger partial charge in [-0.05, 0) is 11.1 Å². The molecule has 2 rings (SSSR count). The molecule has 0 radical (unpaired) electrons. The second-order valence-electron chi connectivity index (χ2n) is 4.08. The lowest BCUT2D eigenvalue weighted by Crippen LogP contribution is -2.30. The highest BCUT2D eigenvalue weighted by molar-refractivity contribution is 5.85. The Kier molecular flexibility index (Phi) is 3.86. The van der Waals surface area contributed by atoms with Gasteiger partial charge in [-0.1, -0.05) is 24.3 Å². The topological polar surface area (TPSA) is 92.0 Å². The Bertz CT molecular complexity index is 506. The van der Waals surface area contributed by atoms with E-state index in [1.54, 1.807) is 12.4 Å². The number of aliphatic hydroxyl groups excluding tert-OH is 1. The number of carbonyl (C=O) groups is 1. The molecule has 18 heavy (non-hydrogen) atoms. The molecule has 0 aliphatic carbocycles. The first-order chi connectivity index (χ1) is 8.70. The molecule has 1 aromatic carbocycles. The van der Waals surface area contributed by atoms with E-state index in [0.29, 0.717) is 0 Å². The van der Waals surface area contributed by atoms with Gasteiger partial charge in [-0.3, -0.25) is 9.89 Å². The molecule has 4 N–H and O–H groups in total. The van der Waals surface area contributed by atoms with Crippen molar-refractivity contribution in [3.05, 3.63) is 42.2 Å². The predicted molar refractivity (Wildman–Crippen MR) is 67.8 cm³/mol. The summed E-state index contributed by atoms with van der Waals surface area (Å²) in [4.78, 5) is 11.5. The summed E-state index contributed by atoms with van der Waals surface area (Å²) in [6, 6.07) is 7.57. The molecule has 0 aliphatic heterocycles. The van der Waals surface area contributed by atoms with E-state index >= 15 is 0 Å². The third-order valence-electron chi connectivity index (χ3n) is 2.76. The van der Waals surface area contributed by atoms with E-state index in [0.717, 1.165) is 16.7 Å². The third kappa shape index (κ3) is 2.82. The van der Waals surface area contributed by atoms with Gasteiger partial charge in [0.2, 0.25) is 0 Å². The Hall–Kier alpha value is -1.98. The maximum Gasteiger partial charge on any atom is 0.166 e. The fourth-order valence-corrected chi connectivity index (χ4v) is 1.67. The van der Waals surface area contributed by atoms with Crippen LogP contribution in [0.2, 0.25) is 0 Å². The molecule has 5 nitrogen and oxygen atoms in total. The maximum absolute atomic E-state index is 11.5. The van der Waals surface area contributed by atoms with Gasteiger partial charge in [-0.25, -0.2) is 0 Å². The number of rotatable bonds is 5. The van der Waals surface area contributed by atoms with Gasteiger partial charge in [-0.15, -0.1) is 0 Å². The Labute approximate surface area is 105 Å². The maximum atomic E-state index is 11.5. The lowest BCUT2D eigenvalue weighted by atomic mass is 10.0. The van der Waals surface area contributed by atoms with Gasteiger partial charge in [0.25, 0.3) is 0 Å². The van der Waals surface area contributed by atoms with Crippen LogP contribution in [0.15, 0.2) is 36.7 Å². The van der Waals surface area contributed by atoms with Crippen molar-refractivity contribution in [2.24, 2.45) is 5.73 Å². The van der Waals surface area contributed by atoms with Crippen LogP contribution in [-0.4, -0.2) is 33.7 Å². The summed E-state index contributed by atoms with van der Waals surface area (Å²) in [5, 5.41) is 15.9. The van der Waals surface area contributed by atoms with E-state index in [-0.39, 0.29) is 18.7 Å². The monoisotopic (exact) mass is 245 g/mol. The van der Waals surface area contributed by atoms with Crippen LogP contribution in [0.5, 0.6) is 0 Å². The first-order valence-corrected chi connectivity index (χ1v) is 5.69. The number of benzene rings is 1. The van der Waals surface area contributed by atoms with Crippen molar-refractivity contribution in [1.29, 1.82) is 0 Å². The number of nitrogens with two attached hydrogens (primary N) is 1. The van der Waals surface area contributed by atoms with Crippen LogP contribution in [0.25, 0.3) is 11.1 Å². The normalized spacial score (nSPS) is 12.3. The number of carbonyl (C=O) groups excluding carboxylic acids is 1. The van der Waals surface area contributed by atoms with Gasteiger partial charge in [0.05, 0.1) is 6.20 Å². The Morgan fingerprint density at radius 1 is 1.33 bits per heavy atom. The number of nitrogens with zero attached hydrogens (tertiary/aromatic N) is 1. The van der Waals surface area contributed by atoms with Crippen LogP contribution < -0.4 is 5.73 Å². The highest BCUT2D eigenvalue weighted by atomic mass is 16.3. The lowest BCUT2D eigenvalue weighted by Gasteiger charge is -2.07. The Morgan fingerprint density at radius 2 is 2.06 bits per heavy atom. The van der Waals surface area contributed by atoms with Gasteiger partial charge in [0.15, 0.2) is 5.78 Å². The zero-order valence-corrected chi connectivity index (χ0v) is 9.84. The smallest absolute Gasteiger partial charge is 0.166 e. The highest BCUT2D eigenvalue weighted by Gasteiger charge is 2.13. The molecule has 0 saturated heterocycles. The van der Waals surface area contributed by atoms with E-state index in [4.69, 9.17) is 5.73 Å². The Morgan fingerprint density at radius 3 is 2.61 bits per heavy atom. The molecule has 0 bridgehead atoms. The van der Waals surface area contributed by atoms with Crippen molar-refractivity contribution in [1.82, 2.24) is 10.2 Å².